The molecule has 0 aromatic carbocycles. The molecule has 1 N–H and O–H groups in total. The minimum Gasteiger partial charge on any atom is -0.308 e. The molecule has 0 amide bonds. The topological polar surface area (TPSA) is 29.9 Å². The van der Waals surface area contributed by atoms with E-state index in [0.29, 0.717) is 6.04 Å². The summed E-state index contributed by atoms with van der Waals surface area (Å²) in [6, 6.07) is 2.48. The zero-order valence-corrected chi connectivity index (χ0v) is 10.5. The van der Waals surface area contributed by atoms with E-state index in [9.17, 15) is 0 Å². The van der Waals surface area contributed by atoms with Gasteiger partial charge in [0.05, 0.1) is 11.7 Å². The van der Waals surface area contributed by atoms with Gasteiger partial charge in [0.25, 0.3) is 0 Å². The lowest BCUT2D eigenvalue weighted by Crippen LogP contribution is -2.35. The minimum atomic E-state index is 0.254. The molecule has 1 heterocycles. The molecule has 86 valence electrons. The van der Waals surface area contributed by atoms with Crippen molar-refractivity contribution in [2.24, 2.45) is 12.5 Å². The Morgan fingerprint density at radius 1 is 1.47 bits per heavy atom. The molecule has 0 fully saturated rings. The van der Waals surface area contributed by atoms with Crippen molar-refractivity contribution in [3.8, 4) is 0 Å². The van der Waals surface area contributed by atoms with Crippen molar-refractivity contribution in [1.82, 2.24) is 15.1 Å². The molecule has 0 saturated heterocycles. The van der Waals surface area contributed by atoms with Crippen molar-refractivity contribution in [2.45, 2.75) is 40.2 Å². The summed E-state index contributed by atoms with van der Waals surface area (Å²) < 4.78 is 1.96. The molecule has 3 heteroatoms. The second-order valence-corrected chi connectivity index (χ2v) is 4.71. The summed E-state index contributed by atoms with van der Waals surface area (Å²) in [5.74, 6) is 0. The molecule has 0 bridgehead atoms. The van der Waals surface area contributed by atoms with E-state index in [-0.39, 0.29) is 5.41 Å². The van der Waals surface area contributed by atoms with Gasteiger partial charge in [-0.05, 0) is 24.4 Å². The summed E-state index contributed by atoms with van der Waals surface area (Å²) in [5, 5.41) is 7.80. The Kier molecular flexibility index (Phi) is 3.91. The van der Waals surface area contributed by atoms with Gasteiger partial charge >= 0.3 is 0 Å². The predicted octanol–water partition coefficient (Wildman–Crippen LogP) is 2.51. The highest BCUT2D eigenvalue weighted by Gasteiger charge is 2.30. The van der Waals surface area contributed by atoms with Gasteiger partial charge < -0.3 is 5.32 Å². The molecule has 1 atom stereocenters. The molecule has 0 spiro atoms. The van der Waals surface area contributed by atoms with Gasteiger partial charge in [-0.1, -0.05) is 27.7 Å². The van der Waals surface area contributed by atoms with E-state index >= 15 is 0 Å². The molecule has 0 aliphatic carbocycles. The van der Waals surface area contributed by atoms with E-state index in [4.69, 9.17) is 0 Å². The highest BCUT2D eigenvalue weighted by molar-refractivity contribution is 5.10. The fraction of sp³-hybridized carbons (Fsp3) is 0.750. The Balaban J connectivity index is 2.98. The first-order valence-electron chi connectivity index (χ1n) is 5.74. The first-order chi connectivity index (χ1) is 7.03. The Bertz CT molecular complexity index is 302. The first kappa shape index (κ1) is 12.2. The maximum absolute atomic E-state index is 4.24. The molecule has 0 saturated carbocycles. The number of hydrogen-bond acceptors (Lipinski definition) is 2. The number of nitrogens with one attached hydrogen (secondary N) is 1. The molecular weight excluding hydrogens is 186 g/mol. The first-order valence-corrected chi connectivity index (χ1v) is 5.74. The third-order valence-corrected chi connectivity index (χ3v) is 3.26. The fourth-order valence-corrected chi connectivity index (χ4v) is 1.86. The highest BCUT2D eigenvalue weighted by atomic mass is 15.3. The largest absolute Gasteiger partial charge is 0.308 e. The molecule has 1 rings (SSSR count). The van der Waals surface area contributed by atoms with E-state index in [0.717, 1.165) is 13.0 Å². The summed E-state index contributed by atoms with van der Waals surface area (Å²) in [6.45, 7) is 9.97. The predicted molar refractivity (Wildman–Crippen MR) is 63.7 cm³/mol. The number of aromatic nitrogens is 2. The van der Waals surface area contributed by atoms with Gasteiger partial charge in [0.1, 0.15) is 0 Å². The number of hydrogen-bond donors (Lipinski definition) is 1. The highest BCUT2D eigenvalue weighted by Crippen LogP contribution is 2.35. The van der Waals surface area contributed by atoms with Crippen LogP contribution in [0.15, 0.2) is 12.3 Å². The monoisotopic (exact) mass is 209 g/mol. The fourth-order valence-electron chi connectivity index (χ4n) is 1.86. The Labute approximate surface area is 92.9 Å². The molecule has 1 aromatic heterocycles. The molecule has 1 aromatic rings. The van der Waals surface area contributed by atoms with Crippen molar-refractivity contribution in [2.75, 3.05) is 6.54 Å². The SMILES string of the molecule is CCNC(c1ccnn1C)C(C)(C)CC. The zero-order chi connectivity index (χ0) is 11.5. The quantitative estimate of drug-likeness (QED) is 0.807. The molecular formula is C12H23N3. The second kappa shape index (κ2) is 4.79. The number of nitrogens with zero attached hydrogens (tertiary/aromatic N) is 2. The van der Waals surface area contributed by atoms with Crippen LogP contribution in [0.4, 0.5) is 0 Å². The second-order valence-electron chi connectivity index (χ2n) is 4.71. The lowest BCUT2D eigenvalue weighted by Gasteiger charge is -2.34. The van der Waals surface area contributed by atoms with Gasteiger partial charge in [0.2, 0.25) is 0 Å². The average Bonchev–Trinajstić information content (AvgIpc) is 2.60. The van der Waals surface area contributed by atoms with Crippen molar-refractivity contribution in [3.63, 3.8) is 0 Å². The summed E-state index contributed by atoms with van der Waals surface area (Å²) in [7, 11) is 2.01. The van der Waals surface area contributed by atoms with E-state index in [1.54, 1.807) is 0 Å². The smallest absolute Gasteiger partial charge is 0.0555 e. The number of aryl methyl sites for hydroxylation is 1. The number of rotatable bonds is 5. The van der Waals surface area contributed by atoms with Gasteiger partial charge in [-0.3, -0.25) is 4.68 Å². The van der Waals surface area contributed by atoms with Crippen molar-refractivity contribution in [1.29, 1.82) is 0 Å². The van der Waals surface area contributed by atoms with Crippen LogP contribution < -0.4 is 5.32 Å². The van der Waals surface area contributed by atoms with Crippen LogP contribution in [0.5, 0.6) is 0 Å². The Morgan fingerprint density at radius 3 is 2.53 bits per heavy atom. The minimum absolute atomic E-state index is 0.254. The summed E-state index contributed by atoms with van der Waals surface area (Å²) >= 11 is 0. The van der Waals surface area contributed by atoms with Gasteiger partial charge in [0.15, 0.2) is 0 Å². The van der Waals surface area contributed by atoms with E-state index in [1.807, 2.05) is 17.9 Å². The van der Waals surface area contributed by atoms with Crippen LogP contribution in [0, 0.1) is 5.41 Å². The molecule has 0 aliphatic heterocycles. The lowest BCUT2D eigenvalue weighted by molar-refractivity contribution is 0.228. The lowest BCUT2D eigenvalue weighted by atomic mass is 9.80. The summed E-state index contributed by atoms with van der Waals surface area (Å²) in [4.78, 5) is 0. The van der Waals surface area contributed by atoms with Gasteiger partial charge in [-0.15, -0.1) is 0 Å². The Morgan fingerprint density at radius 2 is 2.13 bits per heavy atom. The zero-order valence-electron chi connectivity index (χ0n) is 10.5. The van der Waals surface area contributed by atoms with E-state index in [1.165, 1.54) is 5.69 Å². The van der Waals surface area contributed by atoms with Crippen LogP contribution in [-0.2, 0) is 7.05 Å². The van der Waals surface area contributed by atoms with Crippen molar-refractivity contribution >= 4 is 0 Å². The van der Waals surface area contributed by atoms with Crippen LogP contribution in [0.1, 0.15) is 45.9 Å². The molecule has 15 heavy (non-hydrogen) atoms. The van der Waals surface area contributed by atoms with Crippen LogP contribution in [0.3, 0.4) is 0 Å². The molecule has 1 unspecified atom stereocenters. The van der Waals surface area contributed by atoms with Gasteiger partial charge in [0, 0.05) is 13.2 Å². The normalized spacial score (nSPS) is 14.2. The molecule has 3 nitrogen and oxygen atoms in total. The van der Waals surface area contributed by atoms with Gasteiger partial charge in [-0.2, -0.15) is 5.10 Å². The van der Waals surface area contributed by atoms with E-state index < -0.39 is 0 Å². The average molecular weight is 209 g/mol. The van der Waals surface area contributed by atoms with Crippen LogP contribution in [-0.4, -0.2) is 16.3 Å². The standard InChI is InChI=1S/C12H23N3/c1-6-12(3,4)11(13-7-2)10-8-9-14-15(10)5/h8-9,11,13H,6-7H2,1-5H3. The third kappa shape index (κ3) is 2.59. The van der Waals surface area contributed by atoms with Crippen LogP contribution in [0.2, 0.25) is 0 Å². The summed E-state index contributed by atoms with van der Waals surface area (Å²) in [6.07, 6.45) is 3.02. The van der Waals surface area contributed by atoms with Crippen molar-refractivity contribution in [3.05, 3.63) is 18.0 Å². The molecule has 0 radical (unpaired) electrons. The van der Waals surface area contributed by atoms with Crippen LogP contribution >= 0.6 is 0 Å². The Hall–Kier alpha value is -0.830. The van der Waals surface area contributed by atoms with Crippen LogP contribution in [0.25, 0.3) is 0 Å². The van der Waals surface area contributed by atoms with E-state index in [2.05, 4.69) is 44.2 Å². The maximum Gasteiger partial charge on any atom is 0.0555 e. The molecule has 0 aliphatic rings. The maximum atomic E-state index is 4.24. The summed E-state index contributed by atoms with van der Waals surface area (Å²) in [5.41, 5.74) is 1.52. The van der Waals surface area contributed by atoms with Crippen molar-refractivity contribution < 1.29 is 0 Å². The van der Waals surface area contributed by atoms with Gasteiger partial charge in [-0.25, -0.2) is 0 Å². The third-order valence-electron chi connectivity index (χ3n) is 3.26.